The van der Waals surface area contributed by atoms with Crippen LogP contribution in [0.25, 0.3) is 0 Å². The highest BCUT2D eigenvalue weighted by Crippen LogP contribution is 2.31. The molecule has 0 aliphatic heterocycles. The molecular formula is C15H11F4NO5S. The van der Waals surface area contributed by atoms with Crippen LogP contribution in [-0.4, -0.2) is 27.9 Å². The third kappa shape index (κ3) is 4.42. The number of esters is 1. The van der Waals surface area contributed by atoms with Crippen LogP contribution >= 0.6 is 0 Å². The molecule has 0 unspecified atom stereocenters. The number of para-hydroxylation sites is 2. The average Bonchev–Trinajstić information content (AvgIpc) is 2.54. The van der Waals surface area contributed by atoms with Gasteiger partial charge in [-0.25, -0.2) is 17.6 Å². The van der Waals surface area contributed by atoms with Gasteiger partial charge in [0.1, 0.15) is 16.5 Å². The highest BCUT2D eigenvalue weighted by Gasteiger charge is 2.34. The quantitative estimate of drug-likeness (QED) is 0.623. The van der Waals surface area contributed by atoms with Gasteiger partial charge in [0.25, 0.3) is 10.0 Å². The number of carbonyl (C=O) groups is 1. The second kappa shape index (κ2) is 7.20. The summed E-state index contributed by atoms with van der Waals surface area (Å²) in [5.74, 6) is -3.17. The molecule has 26 heavy (non-hydrogen) atoms. The largest absolute Gasteiger partial charge is 0.573 e. The Kier molecular flexibility index (Phi) is 5.40. The number of sulfonamides is 1. The summed E-state index contributed by atoms with van der Waals surface area (Å²) < 4.78 is 86.2. The summed E-state index contributed by atoms with van der Waals surface area (Å²) in [6.07, 6.45) is -5.14. The van der Waals surface area contributed by atoms with Crippen LogP contribution in [0.3, 0.4) is 0 Å². The van der Waals surface area contributed by atoms with Crippen LogP contribution in [0.5, 0.6) is 5.75 Å². The third-order valence-corrected chi connectivity index (χ3v) is 4.41. The number of alkyl halides is 3. The molecule has 11 heteroatoms. The van der Waals surface area contributed by atoms with E-state index in [1.807, 2.05) is 0 Å². The minimum Gasteiger partial charge on any atom is -0.465 e. The molecule has 0 aliphatic rings. The molecule has 140 valence electrons. The molecule has 0 heterocycles. The van der Waals surface area contributed by atoms with Gasteiger partial charge in [-0.05, 0) is 24.3 Å². The van der Waals surface area contributed by atoms with E-state index in [0.717, 1.165) is 49.6 Å². The maximum absolute atomic E-state index is 14.0. The summed E-state index contributed by atoms with van der Waals surface area (Å²) in [6.45, 7) is 0. The Morgan fingerprint density at radius 1 is 1.08 bits per heavy atom. The fourth-order valence-corrected chi connectivity index (χ4v) is 3.20. The normalized spacial score (nSPS) is 11.7. The van der Waals surface area contributed by atoms with Gasteiger partial charge in [-0.1, -0.05) is 18.2 Å². The van der Waals surface area contributed by atoms with E-state index < -0.39 is 50.1 Å². The van der Waals surface area contributed by atoms with Gasteiger partial charge in [-0.15, -0.1) is 13.2 Å². The number of rotatable bonds is 5. The highest BCUT2D eigenvalue weighted by molar-refractivity contribution is 7.92. The first-order chi connectivity index (χ1) is 12.0. The monoisotopic (exact) mass is 393 g/mol. The lowest BCUT2D eigenvalue weighted by Crippen LogP contribution is -2.22. The first kappa shape index (κ1) is 19.5. The van der Waals surface area contributed by atoms with Crippen LogP contribution in [0.15, 0.2) is 47.4 Å². The molecule has 6 nitrogen and oxygen atoms in total. The molecular weight excluding hydrogens is 382 g/mol. The molecule has 0 aromatic heterocycles. The van der Waals surface area contributed by atoms with Gasteiger partial charge in [0.15, 0.2) is 0 Å². The number of hydrogen-bond donors (Lipinski definition) is 1. The number of ether oxygens (including phenoxy) is 2. The molecule has 0 spiro atoms. The van der Waals surface area contributed by atoms with E-state index in [0.29, 0.717) is 0 Å². The van der Waals surface area contributed by atoms with Crippen molar-refractivity contribution in [2.75, 3.05) is 11.8 Å². The average molecular weight is 393 g/mol. The van der Waals surface area contributed by atoms with Gasteiger partial charge >= 0.3 is 12.3 Å². The molecule has 2 aromatic rings. The maximum atomic E-state index is 14.0. The van der Waals surface area contributed by atoms with Crippen molar-refractivity contribution in [2.24, 2.45) is 0 Å². The van der Waals surface area contributed by atoms with Crippen molar-refractivity contribution < 1.29 is 40.2 Å². The van der Waals surface area contributed by atoms with E-state index in [9.17, 15) is 30.8 Å². The molecule has 0 radical (unpaired) electrons. The second-order valence-electron chi connectivity index (χ2n) is 4.75. The molecule has 1 N–H and O–H groups in total. The fraction of sp³-hybridized carbons (Fsp3) is 0.133. The summed E-state index contributed by atoms with van der Waals surface area (Å²) in [4.78, 5) is 10.8. The van der Waals surface area contributed by atoms with Gasteiger partial charge in [0, 0.05) is 0 Å². The third-order valence-electron chi connectivity index (χ3n) is 3.02. The first-order valence-corrected chi connectivity index (χ1v) is 8.28. The molecule has 0 amide bonds. The maximum Gasteiger partial charge on any atom is 0.573 e. The van der Waals surface area contributed by atoms with Crippen molar-refractivity contribution in [2.45, 2.75) is 11.3 Å². The lowest BCUT2D eigenvalue weighted by atomic mass is 10.2. The summed E-state index contributed by atoms with van der Waals surface area (Å²) in [7, 11) is -3.73. The van der Waals surface area contributed by atoms with Crippen LogP contribution in [0.4, 0.5) is 23.2 Å². The van der Waals surface area contributed by atoms with E-state index in [1.165, 1.54) is 0 Å². The molecule has 0 fully saturated rings. The Balaban J connectivity index is 2.51. The minimum absolute atomic E-state index is 0.453. The zero-order valence-electron chi connectivity index (χ0n) is 13.0. The SMILES string of the molecule is COC(=O)c1cccc(F)c1NS(=O)(=O)c1ccccc1OC(F)(F)F. The van der Waals surface area contributed by atoms with Gasteiger partial charge in [0.2, 0.25) is 0 Å². The van der Waals surface area contributed by atoms with Crippen molar-refractivity contribution >= 4 is 21.7 Å². The number of nitrogens with one attached hydrogen (secondary N) is 1. The zero-order valence-corrected chi connectivity index (χ0v) is 13.8. The smallest absolute Gasteiger partial charge is 0.465 e. The molecule has 0 atom stereocenters. The van der Waals surface area contributed by atoms with Gasteiger partial charge < -0.3 is 9.47 Å². The van der Waals surface area contributed by atoms with Crippen LogP contribution in [0, 0.1) is 5.82 Å². The molecule has 0 aliphatic carbocycles. The second-order valence-corrected chi connectivity index (χ2v) is 6.40. The van der Waals surface area contributed by atoms with Crippen LogP contribution in [0.1, 0.15) is 10.4 Å². The van der Waals surface area contributed by atoms with Crippen molar-refractivity contribution in [1.82, 2.24) is 0 Å². The number of methoxy groups -OCH3 is 1. The number of carbonyl (C=O) groups excluding carboxylic acids is 1. The first-order valence-electron chi connectivity index (χ1n) is 6.79. The van der Waals surface area contributed by atoms with Crippen molar-refractivity contribution in [3.05, 3.63) is 53.8 Å². The van der Waals surface area contributed by atoms with Crippen molar-refractivity contribution in [1.29, 1.82) is 0 Å². The summed E-state index contributed by atoms with van der Waals surface area (Å²) in [6, 6.07) is 6.99. The van der Waals surface area contributed by atoms with E-state index in [-0.39, 0.29) is 0 Å². The standard InChI is InChI=1S/C15H11F4NO5S/c1-24-14(21)9-5-4-6-10(16)13(9)20-26(22,23)12-8-3-2-7-11(12)25-15(17,18)19/h2-8,20H,1H3. The number of benzene rings is 2. The number of hydrogen-bond acceptors (Lipinski definition) is 5. The van der Waals surface area contributed by atoms with Crippen molar-refractivity contribution in [3.8, 4) is 5.75 Å². The predicted molar refractivity (Wildman–Crippen MR) is 81.7 cm³/mol. The van der Waals surface area contributed by atoms with E-state index in [4.69, 9.17) is 0 Å². The summed E-state index contributed by atoms with van der Waals surface area (Å²) in [5, 5.41) is 0. The van der Waals surface area contributed by atoms with Gasteiger partial charge in [-0.3, -0.25) is 4.72 Å². The Morgan fingerprint density at radius 2 is 1.73 bits per heavy atom. The molecule has 2 rings (SSSR count). The Morgan fingerprint density at radius 3 is 2.35 bits per heavy atom. The predicted octanol–water partition coefficient (Wildman–Crippen LogP) is 3.31. The molecule has 0 saturated heterocycles. The van der Waals surface area contributed by atoms with Crippen molar-refractivity contribution in [3.63, 3.8) is 0 Å². The topological polar surface area (TPSA) is 81.7 Å². The van der Waals surface area contributed by atoms with E-state index >= 15 is 0 Å². The Hall–Kier alpha value is -2.82. The summed E-state index contributed by atoms with van der Waals surface area (Å²) >= 11 is 0. The fourth-order valence-electron chi connectivity index (χ4n) is 1.98. The number of anilines is 1. The zero-order chi connectivity index (χ0) is 19.5. The van der Waals surface area contributed by atoms with Gasteiger partial charge in [0.05, 0.1) is 18.4 Å². The van der Waals surface area contributed by atoms with E-state index in [2.05, 4.69) is 9.47 Å². The lowest BCUT2D eigenvalue weighted by molar-refractivity contribution is -0.275. The number of halogens is 4. The lowest BCUT2D eigenvalue weighted by Gasteiger charge is -2.16. The summed E-state index contributed by atoms with van der Waals surface area (Å²) in [5.41, 5.74) is -1.22. The van der Waals surface area contributed by atoms with Gasteiger partial charge in [-0.2, -0.15) is 0 Å². The van der Waals surface area contributed by atoms with E-state index in [1.54, 1.807) is 4.72 Å². The minimum atomic E-state index is -5.14. The Bertz CT molecular complexity index is 928. The molecule has 2 aromatic carbocycles. The van der Waals surface area contributed by atoms with Crippen LogP contribution in [-0.2, 0) is 14.8 Å². The Labute approximate surface area is 145 Å². The highest BCUT2D eigenvalue weighted by atomic mass is 32.2. The van der Waals surface area contributed by atoms with Crippen LogP contribution < -0.4 is 9.46 Å². The molecule has 0 saturated carbocycles. The molecule has 0 bridgehead atoms. The van der Waals surface area contributed by atoms with Crippen LogP contribution in [0.2, 0.25) is 0 Å².